The van der Waals surface area contributed by atoms with E-state index in [0.29, 0.717) is 20.8 Å². The van der Waals surface area contributed by atoms with Crippen molar-refractivity contribution in [2.24, 2.45) is 0 Å². The van der Waals surface area contributed by atoms with Crippen molar-refractivity contribution >= 4 is 45.7 Å². The zero-order chi connectivity index (χ0) is 22.5. The largest absolute Gasteiger partial charge is 0.491 e. The quantitative estimate of drug-likeness (QED) is 0.401. The van der Waals surface area contributed by atoms with Crippen molar-refractivity contribution in [1.29, 1.82) is 0 Å². The molecule has 0 atom stereocenters. The Morgan fingerprint density at radius 1 is 1.16 bits per heavy atom. The molecule has 2 amide bonds. The summed E-state index contributed by atoms with van der Waals surface area (Å²) in [5, 5.41) is 11.3. The van der Waals surface area contributed by atoms with Crippen LogP contribution in [0.3, 0.4) is 0 Å². The molecule has 9 heteroatoms. The van der Waals surface area contributed by atoms with Gasteiger partial charge in [-0.2, -0.15) is 0 Å². The third kappa shape index (κ3) is 5.46. The van der Waals surface area contributed by atoms with Gasteiger partial charge >= 0.3 is 0 Å². The number of aryl methyl sites for hydroxylation is 1. The van der Waals surface area contributed by atoms with Crippen molar-refractivity contribution in [2.75, 3.05) is 22.5 Å². The molecule has 2 heterocycles. The molecule has 1 aromatic heterocycles. The number of aromatic nitrogens is 2. The standard InChI is InChI=1S/C23H24N4O3S2/c1-15(2)30-18-11-9-17(10-12-18)21(29)24-22-25-26-23(32-22)31-14-20(28)27-13-5-7-16-6-3-4-8-19(16)27/h3-4,6,8-12,15H,5,7,13-14H2,1-2H3,(H,24,25,29). The first-order chi connectivity index (χ1) is 15.5. The third-order valence-corrected chi connectivity index (χ3v) is 6.80. The first kappa shape index (κ1) is 22.3. The predicted molar refractivity (Wildman–Crippen MR) is 128 cm³/mol. The van der Waals surface area contributed by atoms with Crippen molar-refractivity contribution in [2.45, 2.75) is 37.1 Å². The van der Waals surface area contributed by atoms with Crippen molar-refractivity contribution in [3.8, 4) is 5.75 Å². The minimum absolute atomic E-state index is 0.0478. The van der Waals surface area contributed by atoms with Crippen LogP contribution in [0.5, 0.6) is 5.75 Å². The van der Waals surface area contributed by atoms with E-state index >= 15 is 0 Å². The number of carbonyl (C=O) groups excluding carboxylic acids is 2. The molecular weight excluding hydrogens is 444 g/mol. The molecule has 1 N–H and O–H groups in total. The lowest BCUT2D eigenvalue weighted by Gasteiger charge is -2.29. The predicted octanol–water partition coefficient (Wildman–Crippen LogP) is 4.65. The molecule has 0 saturated heterocycles. The van der Waals surface area contributed by atoms with E-state index in [1.54, 1.807) is 24.3 Å². The van der Waals surface area contributed by atoms with E-state index in [-0.39, 0.29) is 23.7 Å². The number of rotatable bonds is 7. The monoisotopic (exact) mass is 468 g/mol. The smallest absolute Gasteiger partial charge is 0.257 e. The highest BCUT2D eigenvalue weighted by atomic mass is 32.2. The van der Waals surface area contributed by atoms with Crippen LogP contribution in [-0.2, 0) is 11.2 Å². The van der Waals surface area contributed by atoms with E-state index in [0.717, 1.165) is 25.1 Å². The van der Waals surface area contributed by atoms with Gasteiger partial charge < -0.3 is 9.64 Å². The molecule has 1 aliphatic heterocycles. The molecule has 0 radical (unpaired) electrons. The molecule has 3 aromatic rings. The second kappa shape index (κ2) is 10.1. The molecule has 1 aliphatic rings. The van der Waals surface area contributed by atoms with Crippen LogP contribution in [0.2, 0.25) is 0 Å². The number of benzene rings is 2. The minimum atomic E-state index is -0.269. The number of thioether (sulfide) groups is 1. The Kier molecular flexibility index (Phi) is 7.06. The van der Waals surface area contributed by atoms with Crippen LogP contribution < -0.4 is 15.0 Å². The second-order valence-electron chi connectivity index (χ2n) is 7.58. The number of carbonyl (C=O) groups is 2. The van der Waals surface area contributed by atoms with Gasteiger partial charge in [0.1, 0.15) is 5.75 Å². The van der Waals surface area contributed by atoms with Crippen LogP contribution in [-0.4, -0.2) is 40.4 Å². The Morgan fingerprint density at radius 2 is 1.94 bits per heavy atom. The molecule has 0 saturated carbocycles. The first-order valence-corrected chi connectivity index (χ1v) is 12.2. The van der Waals surface area contributed by atoms with E-state index in [1.807, 2.05) is 36.9 Å². The number of hydrogen-bond acceptors (Lipinski definition) is 7. The number of nitrogens with zero attached hydrogens (tertiary/aromatic N) is 3. The number of amides is 2. The van der Waals surface area contributed by atoms with Gasteiger partial charge in [0.15, 0.2) is 4.34 Å². The number of ether oxygens (including phenoxy) is 1. The number of anilines is 2. The van der Waals surface area contributed by atoms with E-state index in [1.165, 1.54) is 28.7 Å². The Balaban J connectivity index is 1.31. The summed E-state index contributed by atoms with van der Waals surface area (Å²) in [4.78, 5) is 27.1. The van der Waals surface area contributed by atoms with Crippen LogP contribution in [0, 0.1) is 0 Å². The maximum absolute atomic E-state index is 12.8. The molecule has 0 aliphatic carbocycles. The summed E-state index contributed by atoms with van der Waals surface area (Å²) in [6.07, 6.45) is 2.04. The van der Waals surface area contributed by atoms with Crippen molar-refractivity contribution < 1.29 is 14.3 Å². The van der Waals surface area contributed by atoms with Gasteiger partial charge in [-0.15, -0.1) is 10.2 Å². The highest BCUT2D eigenvalue weighted by Gasteiger charge is 2.22. The van der Waals surface area contributed by atoms with Crippen molar-refractivity contribution in [3.63, 3.8) is 0 Å². The van der Waals surface area contributed by atoms with Gasteiger partial charge in [-0.3, -0.25) is 14.9 Å². The second-order valence-corrected chi connectivity index (χ2v) is 9.78. The molecule has 7 nitrogen and oxygen atoms in total. The SMILES string of the molecule is CC(C)Oc1ccc(C(=O)Nc2nnc(SCC(=O)N3CCCc4ccccc43)s2)cc1. The van der Waals surface area contributed by atoms with Gasteiger partial charge in [-0.05, 0) is 62.6 Å². The molecular formula is C23H24N4O3S2. The van der Waals surface area contributed by atoms with Crippen LogP contribution in [0.1, 0.15) is 36.2 Å². The van der Waals surface area contributed by atoms with Crippen LogP contribution in [0.15, 0.2) is 52.9 Å². The average Bonchev–Trinajstić information content (AvgIpc) is 3.24. The summed E-state index contributed by atoms with van der Waals surface area (Å²) in [5.74, 6) is 0.766. The fourth-order valence-corrected chi connectivity index (χ4v) is 5.06. The molecule has 166 valence electrons. The summed E-state index contributed by atoms with van der Waals surface area (Å²) in [6.45, 7) is 4.63. The van der Waals surface area contributed by atoms with Crippen LogP contribution in [0.4, 0.5) is 10.8 Å². The van der Waals surface area contributed by atoms with Crippen molar-refractivity contribution in [3.05, 3.63) is 59.7 Å². The average molecular weight is 469 g/mol. The highest BCUT2D eigenvalue weighted by molar-refractivity contribution is 8.01. The van der Waals surface area contributed by atoms with Gasteiger partial charge in [-0.25, -0.2) is 0 Å². The lowest BCUT2D eigenvalue weighted by atomic mass is 10.0. The highest BCUT2D eigenvalue weighted by Crippen LogP contribution is 2.30. The fraction of sp³-hybridized carbons (Fsp3) is 0.304. The van der Waals surface area contributed by atoms with Gasteiger partial charge in [0.25, 0.3) is 5.91 Å². The Morgan fingerprint density at radius 3 is 2.72 bits per heavy atom. The van der Waals surface area contributed by atoms with Gasteiger partial charge in [0.05, 0.1) is 11.9 Å². The normalized spacial score (nSPS) is 13.0. The lowest BCUT2D eigenvalue weighted by molar-refractivity contribution is -0.116. The van der Waals surface area contributed by atoms with E-state index in [2.05, 4.69) is 21.6 Å². The topological polar surface area (TPSA) is 84.4 Å². The van der Waals surface area contributed by atoms with Crippen LogP contribution >= 0.6 is 23.1 Å². The Hall–Kier alpha value is -2.91. The summed E-state index contributed by atoms with van der Waals surface area (Å²) < 4.78 is 6.23. The Bertz CT molecular complexity index is 1100. The number of fused-ring (bicyclic) bond motifs is 1. The molecule has 32 heavy (non-hydrogen) atoms. The van der Waals surface area contributed by atoms with E-state index < -0.39 is 0 Å². The number of para-hydroxylation sites is 1. The molecule has 0 fully saturated rings. The molecule has 0 bridgehead atoms. The summed E-state index contributed by atoms with van der Waals surface area (Å²) >= 11 is 2.59. The van der Waals surface area contributed by atoms with Crippen LogP contribution in [0.25, 0.3) is 0 Å². The summed E-state index contributed by atoms with van der Waals surface area (Å²) in [5.41, 5.74) is 2.71. The Labute approximate surface area is 195 Å². The molecule has 2 aromatic carbocycles. The maximum atomic E-state index is 12.8. The zero-order valence-corrected chi connectivity index (χ0v) is 19.5. The molecule has 0 unspecified atom stereocenters. The fourth-order valence-electron chi connectivity index (χ4n) is 3.44. The van der Waals surface area contributed by atoms with Gasteiger partial charge in [0.2, 0.25) is 11.0 Å². The lowest BCUT2D eigenvalue weighted by Crippen LogP contribution is -2.36. The van der Waals surface area contributed by atoms with E-state index in [9.17, 15) is 9.59 Å². The first-order valence-electron chi connectivity index (χ1n) is 10.4. The maximum Gasteiger partial charge on any atom is 0.257 e. The number of hydrogen-bond donors (Lipinski definition) is 1. The number of nitrogens with one attached hydrogen (secondary N) is 1. The van der Waals surface area contributed by atoms with Gasteiger partial charge in [0, 0.05) is 17.8 Å². The molecule has 4 rings (SSSR count). The zero-order valence-electron chi connectivity index (χ0n) is 17.9. The summed E-state index contributed by atoms with van der Waals surface area (Å²) in [7, 11) is 0. The third-order valence-electron chi connectivity index (χ3n) is 4.85. The van der Waals surface area contributed by atoms with E-state index in [4.69, 9.17) is 4.74 Å². The summed E-state index contributed by atoms with van der Waals surface area (Å²) in [6, 6.07) is 15.0. The van der Waals surface area contributed by atoms with Gasteiger partial charge in [-0.1, -0.05) is 41.3 Å². The van der Waals surface area contributed by atoms with Crippen molar-refractivity contribution in [1.82, 2.24) is 10.2 Å². The minimum Gasteiger partial charge on any atom is -0.491 e. The molecule has 0 spiro atoms.